The van der Waals surface area contributed by atoms with Crippen LogP contribution < -0.4 is 0 Å². The highest BCUT2D eigenvalue weighted by Gasteiger charge is 2.27. The van der Waals surface area contributed by atoms with Gasteiger partial charge in [0, 0.05) is 0 Å². The zero-order valence-corrected chi connectivity index (χ0v) is 20.0. The Labute approximate surface area is 187 Å². The molecule has 0 atom stereocenters. The molecule has 0 heterocycles. The average molecular weight is 423 g/mol. The second-order valence-electron chi connectivity index (χ2n) is 9.99. The van der Waals surface area contributed by atoms with Crippen molar-refractivity contribution in [2.75, 3.05) is 13.2 Å². The number of hydrogen-bond donors (Lipinski definition) is 0. The van der Waals surface area contributed by atoms with E-state index < -0.39 is 0 Å². The van der Waals surface area contributed by atoms with Gasteiger partial charge in [-0.3, -0.25) is 4.79 Å². The molecule has 0 aromatic carbocycles. The van der Waals surface area contributed by atoms with Crippen molar-refractivity contribution in [1.29, 1.82) is 0 Å². The van der Waals surface area contributed by atoms with Crippen LogP contribution in [0.3, 0.4) is 0 Å². The van der Waals surface area contributed by atoms with Gasteiger partial charge in [-0.25, -0.2) is 0 Å². The number of carbonyl (C=O) groups excluding carboxylic acids is 1. The van der Waals surface area contributed by atoms with E-state index in [1.807, 2.05) is 0 Å². The molecule has 0 bridgehead atoms. The van der Waals surface area contributed by atoms with Crippen LogP contribution in [0.1, 0.15) is 135 Å². The molecular weight excluding hydrogens is 372 g/mol. The van der Waals surface area contributed by atoms with Crippen LogP contribution in [-0.2, 0) is 14.3 Å². The molecule has 2 aliphatic rings. The first kappa shape index (κ1) is 25.7. The second kappa shape index (κ2) is 17.0. The summed E-state index contributed by atoms with van der Waals surface area (Å²) in [6.07, 6.45) is 26.7. The van der Waals surface area contributed by atoms with E-state index in [9.17, 15) is 4.79 Å². The van der Waals surface area contributed by atoms with Crippen molar-refractivity contribution in [1.82, 2.24) is 0 Å². The van der Waals surface area contributed by atoms with Crippen molar-refractivity contribution >= 4 is 5.97 Å². The molecule has 3 nitrogen and oxygen atoms in total. The molecule has 0 aromatic rings. The number of carbonyl (C=O) groups is 1. The minimum Gasteiger partial charge on any atom is -0.463 e. The summed E-state index contributed by atoms with van der Waals surface area (Å²) in [5, 5.41) is 0. The number of esters is 1. The van der Waals surface area contributed by atoms with Gasteiger partial charge < -0.3 is 9.47 Å². The third-order valence-corrected chi connectivity index (χ3v) is 7.38. The van der Waals surface area contributed by atoms with Crippen LogP contribution in [0.4, 0.5) is 0 Å². The summed E-state index contributed by atoms with van der Waals surface area (Å²) in [5.41, 5.74) is 0. The van der Waals surface area contributed by atoms with Crippen LogP contribution in [0.25, 0.3) is 0 Å². The molecule has 3 heteroatoms. The van der Waals surface area contributed by atoms with Crippen molar-refractivity contribution < 1.29 is 14.3 Å². The molecule has 0 amide bonds. The fourth-order valence-corrected chi connectivity index (χ4v) is 5.31. The summed E-state index contributed by atoms with van der Waals surface area (Å²) in [6.45, 7) is 3.30. The van der Waals surface area contributed by atoms with Gasteiger partial charge in [0.2, 0.25) is 0 Å². The normalized spacial score (nSPS) is 22.8. The molecule has 2 fully saturated rings. The Morgan fingerprint density at radius 1 is 0.700 bits per heavy atom. The summed E-state index contributed by atoms with van der Waals surface area (Å²) in [7, 11) is 0. The van der Waals surface area contributed by atoms with Gasteiger partial charge >= 0.3 is 5.97 Å². The lowest BCUT2D eigenvalue weighted by Crippen LogP contribution is -2.26. The molecular formula is C27H50O3. The smallest absolute Gasteiger partial charge is 0.309 e. The first-order valence-corrected chi connectivity index (χ1v) is 13.6. The Balaban J connectivity index is 1.39. The summed E-state index contributed by atoms with van der Waals surface area (Å²) in [6, 6.07) is 0. The zero-order chi connectivity index (χ0) is 21.3. The maximum Gasteiger partial charge on any atom is 0.309 e. The minimum absolute atomic E-state index is 0.0274. The van der Waals surface area contributed by atoms with E-state index >= 15 is 0 Å². The fraction of sp³-hybridized carbons (Fsp3) is 0.963. The van der Waals surface area contributed by atoms with Gasteiger partial charge in [-0.15, -0.1) is 0 Å². The lowest BCUT2D eigenvalue weighted by Gasteiger charge is -2.27. The molecule has 2 rings (SSSR count). The van der Waals surface area contributed by atoms with Crippen LogP contribution in [0.5, 0.6) is 0 Å². The summed E-state index contributed by atoms with van der Waals surface area (Å²) >= 11 is 0. The zero-order valence-electron chi connectivity index (χ0n) is 20.0. The van der Waals surface area contributed by atoms with Crippen molar-refractivity contribution in [3.8, 4) is 0 Å². The molecule has 0 N–H and O–H groups in total. The van der Waals surface area contributed by atoms with Gasteiger partial charge in [0.25, 0.3) is 0 Å². The summed E-state index contributed by atoms with van der Waals surface area (Å²) in [4.78, 5) is 12.3. The summed E-state index contributed by atoms with van der Waals surface area (Å²) < 4.78 is 11.4. The predicted molar refractivity (Wildman–Crippen MR) is 126 cm³/mol. The van der Waals surface area contributed by atoms with Crippen LogP contribution in [0.15, 0.2) is 0 Å². The van der Waals surface area contributed by atoms with Gasteiger partial charge in [0.1, 0.15) is 6.61 Å². The molecule has 0 aliphatic heterocycles. The van der Waals surface area contributed by atoms with E-state index in [-0.39, 0.29) is 11.9 Å². The Morgan fingerprint density at radius 3 is 1.93 bits per heavy atom. The quantitative estimate of drug-likeness (QED) is 0.187. The van der Waals surface area contributed by atoms with Crippen molar-refractivity contribution in [2.24, 2.45) is 11.8 Å². The predicted octanol–water partition coefficient (Wildman–Crippen LogP) is 8.00. The Kier molecular flexibility index (Phi) is 14.6. The van der Waals surface area contributed by atoms with Crippen LogP contribution in [-0.4, -0.2) is 25.3 Å². The first-order valence-electron chi connectivity index (χ1n) is 13.6. The molecule has 2 aliphatic carbocycles. The monoisotopic (exact) mass is 422 g/mol. The standard InChI is InChI=1S/C27H50O3/c1-2-3-4-5-6-7-8-9-10-12-15-24-18-20-25(21-19-24)27(28)30-23-22-29-26-16-13-11-14-17-26/h24-26H,2-23H2,1H3. The van der Waals surface area contributed by atoms with Gasteiger partial charge in [-0.2, -0.15) is 0 Å². The maximum atomic E-state index is 12.3. The van der Waals surface area contributed by atoms with E-state index in [0.29, 0.717) is 19.3 Å². The Morgan fingerprint density at radius 2 is 1.30 bits per heavy atom. The van der Waals surface area contributed by atoms with E-state index in [0.717, 1.165) is 18.8 Å². The fourth-order valence-electron chi connectivity index (χ4n) is 5.31. The van der Waals surface area contributed by atoms with E-state index in [1.54, 1.807) is 0 Å². The molecule has 0 aromatic heterocycles. The molecule has 2 saturated carbocycles. The van der Waals surface area contributed by atoms with Gasteiger partial charge in [0.15, 0.2) is 0 Å². The highest BCUT2D eigenvalue weighted by Crippen LogP contribution is 2.32. The van der Waals surface area contributed by atoms with Gasteiger partial charge in [-0.1, -0.05) is 96.8 Å². The Bertz CT molecular complexity index is 408. The average Bonchev–Trinajstić information content (AvgIpc) is 2.79. The highest BCUT2D eigenvalue weighted by molar-refractivity contribution is 5.72. The van der Waals surface area contributed by atoms with Crippen LogP contribution >= 0.6 is 0 Å². The lowest BCUT2D eigenvalue weighted by atomic mass is 9.80. The topological polar surface area (TPSA) is 35.5 Å². The first-order chi connectivity index (χ1) is 14.8. The molecule has 30 heavy (non-hydrogen) atoms. The molecule has 0 saturated heterocycles. The minimum atomic E-state index is 0.0274. The SMILES string of the molecule is CCCCCCCCCCCCC1CCC(C(=O)OCCOC2CCCCC2)CC1. The number of ether oxygens (including phenoxy) is 2. The second-order valence-corrected chi connectivity index (χ2v) is 9.99. The molecule has 0 radical (unpaired) electrons. The Hall–Kier alpha value is -0.570. The van der Waals surface area contributed by atoms with Crippen LogP contribution in [0, 0.1) is 11.8 Å². The molecule has 0 spiro atoms. The third kappa shape index (κ3) is 11.7. The van der Waals surface area contributed by atoms with Crippen molar-refractivity contribution in [3.63, 3.8) is 0 Å². The van der Waals surface area contributed by atoms with E-state index in [2.05, 4.69) is 6.92 Å². The number of unbranched alkanes of at least 4 members (excludes halogenated alkanes) is 9. The largest absolute Gasteiger partial charge is 0.463 e. The lowest BCUT2D eigenvalue weighted by molar-refractivity contribution is -0.152. The van der Waals surface area contributed by atoms with Crippen LogP contribution in [0.2, 0.25) is 0 Å². The number of rotatable bonds is 16. The highest BCUT2D eigenvalue weighted by atomic mass is 16.6. The van der Waals surface area contributed by atoms with E-state index in [1.165, 1.54) is 116 Å². The van der Waals surface area contributed by atoms with Gasteiger partial charge in [0.05, 0.1) is 18.6 Å². The third-order valence-electron chi connectivity index (χ3n) is 7.38. The molecule has 176 valence electrons. The van der Waals surface area contributed by atoms with Crippen molar-refractivity contribution in [2.45, 2.75) is 141 Å². The summed E-state index contributed by atoms with van der Waals surface area (Å²) in [5.74, 6) is 1.01. The maximum absolute atomic E-state index is 12.3. The molecule has 0 unspecified atom stereocenters. The van der Waals surface area contributed by atoms with Gasteiger partial charge in [-0.05, 0) is 44.4 Å². The number of hydrogen-bond acceptors (Lipinski definition) is 3. The van der Waals surface area contributed by atoms with Crippen molar-refractivity contribution in [3.05, 3.63) is 0 Å². The van der Waals surface area contributed by atoms with E-state index in [4.69, 9.17) is 9.47 Å².